The van der Waals surface area contributed by atoms with Gasteiger partial charge in [0.05, 0.1) is 32.0 Å². The maximum absolute atomic E-state index is 13.1. The van der Waals surface area contributed by atoms with Crippen molar-refractivity contribution in [1.82, 2.24) is 20.0 Å². The zero-order chi connectivity index (χ0) is 24.6. The van der Waals surface area contributed by atoms with Gasteiger partial charge in [0.25, 0.3) is 0 Å². The Labute approximate surface area is 205 Å². The normalized spacial score (nSPS) is 10.7. The van der Waals surface area contributed by atoms with E-state index in [1.807, 2.05) is 80.7 Å². The number of ether oxygens (including phenoxy) is 2. The topological polar surface area (TPSA) is 81.8 Å². The summed E-state index contributed by atoms with van der Waals surface area (Å²) in [6, 6.07) is 20.8. The summed E-state index contributed by atoms with van der Waals surface area (Å²) in [4.78, 5) is 14.8. The number of nitrogens with zero attached hydrogens (tertiary/aromatic N) is 3. The van der Waals surface area contributed by atoms with Crippen LogP contribution in [0.2, 0.25) is 0 Å². The minimum absolute atomic E-state index is 0.182. The van der Waals surface area contributed by atoms with E-state index in [1.54, 1.807) is 23.0 Å². The number of hydrogen-bond acceptors (Lipinski definition) is 5. The van der Waals surface area contributed by atoms with Crippen LogP contribution in [-0.2, 0) is 20.1 Å². The van der Waals surface area contributed by atoms with Crippen LogP contribution in [0.1, 0.15) is 24.7 Å². The number of aromatic nitrogens is 2. The number of methoxy groups -OCH3 is 1. The molecule has 2 aromatic carbocycles. The van der Waals surface area contributed by atoms with E-state index >= 15 is 0 Å². The molecule has 8 nitrogen and oxygen atoms in total. The first kappa shape index (κ1) is 23.9. The molecular formula is C27H30N4O4. The second kappa shape index (κ2) is 11.3. The SMILES string of the molecule is CCCNC(=O)N(Cc1ccco1)Cc1c(-c2ccccc2)nn(C)c1Oc1cccc(OC)c1. The van der Waals surface area contributed by atoms with E-state index in [4.69, 9.17) is 19.0 Å². The number of carbonyl (C=O) groups is 1. The van der Waals surface area contributed by atoms with E-state index in [1.165, 1.54) is 0 Å². The predicted octanol–water partition coefficient (Wildman–Crippen LogP) is 5.60. The quantitative estimate of drug-likeness (QED) is 0.323. The molecule has 0 aliphatic carbocycles. The van der Waals surface area contributed by atoms with Gasteiger partial charge in [-0.2, -0.15) is 5.10 Å². The molecule has 35 heavy (non-hydrogen) atoms. The fraction of sp³-hybridized carbons (Fsp3) is 0.259. The second-order valence-corrected chi connectivity index (χ2v) is 8.07. The molecule has 0 fully saturated rings. The molecule has 182 valence electrons. The minimum atomic E-state index is -0.182. The maximum Gasteiger partial charge on any atom is 0.318 e. The van der Waals surface area contributed by atoms with Crippen molar-refractivity contribution < 1.29 is 18.7 Å². The molecule has 4 rings (SSSR count). The fourth-order valence-corrected chi connectivity index (χ4v) is 3.75. The molecule has 0 unspecified atom stereocenters. The number of carbonyl (C=O) groups excluding carboxylic acids is 1. The van der Waals surface area contributed by atoms with Gasteiger partial charge in [0.1, 0.15) is 23.0 Å². The van der Waals surface area contributed by atoms with Crippen molar-refractivity contribution in [2.45, 2.75) is 26.4 Å². The third kappa shape index (κ3) is 5.84. The Morgan fingerprint density at radius 2 is 1.86 bits per heavy atom. The second-order valence-electron chi connectivity index (χ2n) is 8.07. The van der Waals surface area contributed by atoms with Crippen LogP contribution in [-0.4, -0.2) is 34.4 Å². The number of aryl methyl sites for hydroxylation is 1. The van der Waals surface area contributed by atoms with E-state index in [-0.39, 0.29) is 12.6 Å². The van der Waals surface area contributed by atoms with Crippen molar-refractivity contribution in [3.63, 3.8) is 0 Å². The van der Waals surface area contributed by atoms with E-state index in [0.717, 1.165) is 23.2 Å². The molecule has 2 aromatic heterocycles. The first-order valence-electron chi connectivity index (χ1n) is 11.6. The highest BCUT2D eigenvalue weighted by molar-refractivity contribution is 5.75. The van der Waals surface area contributed by atoms with Crippen LogP contribution in [0.5, 0.6) is 17.4 Å². The van der Waals surface area contributed by atoms with E-state index in [9.17, 15) is 4.79 Å². The number of furan rings is 1. The Hall–Kier alpha value is -4.20. The van der Waals surface area contributed by atoms with E-state index < -0.39 is 0 Å². The number of urea groups is 1. The van der Waals surface area contributed by atoms with Crippen LogP contribution in [0.3, 0.4) is 0 Å². The highest BCUT2D eigenvalue weighted by Gasteiger charge is 2.25. The van der Waals surface area contributed by atoms with Gasteiger partial charge in [0.2, 0.25) is 5.88 Å². The summed E-state index contributed by atoms with van der Waals surface area (Å²) in [5.74, 6) is 2.54. The van der Waals surface area contributed by atoms with Crippen molar-refractivity contribution in [3.05, 3.63) is 84.3 Å². The van der Waals surface area contributed by atoms with Gasteiger partial charge in [0.15, 0.2) is 0 Å². The molecular weight excluding hydrogens is 444 g/mol. The lowest BCUT2D eigenvalue weighted by molar-refractivity contribution is 0.187. The summed E-state index contributed by atoms with van der Waals surface area (Å²) in [6.45, 7) is 3.18. The molecule has 0 atom stereocenters. The molecule has 2 amide bonds. The molecule has 0 saturated carbocycles. The maximum atomic E-state index is 13.1. The molecule has 2 heterocycles. The van der Waals surface area contributed by atoms with Crippen molar-refractivity contribution >= 4 is 6.03 Å². The summed E-state index contributed by atoms with van der Waals surface area (Å²) in [5.41, 5.74) is 2.48. The zero-order valence-corrected chi connectivity index (χ0v) is 20.2. The van der Waals surface area contributed by atoms with Crippen LogP contribution in [0.25, 0.3) is 11.3 Å². The summed E-state index contributed by atoms with van der Waals surface area (Å²) in [6.07, 6.45) is 2.45. The summed E-state index contributed by atoms with van der Waals surface area (Å²) in [5, 5.41) is 7.75. The number of rotatable bonds is 10. The van der Waals surface area contributed by atoms with Gasteiger partial charge in [-0.3, -0.25) is 0 Å². The van der Waals surface area contributed by atoms with E-state index in [0.29, 0.717) is 36.2 Å². The summed E-state index contributed by atoms with van der Waals surface area (Å²) < 4.78 is 18.9. The van der Waals surface area contributed by atoms with Gasteiger partial charge in [-0.25, -0.2) is 9.48 Å². The molecule has 0 spiro atoms. The minimum Gasteiger partial charge on any atom is -0.497 e. The van der Waals surface area contributed by atoms with Gasteiger partial charge in [0, 0.05) is 25.2 Å². The summed E-state index contributed by atoms with van der Waals surface area (Å²) in [7, 11) is 3.45. The zero-order valence-electron chi connectivity index (χ0n) is 20.2. The van der Waals surface area contributed by atoms with Gasteiger partial charge in [-0.05, 0) is 30.7 Å². The first-order chi connectivity index (χ1) is 17.1. The molecule has 0 saturated heterocycles. The lowest BCUT2D eigenvalue weighted by atomic mass is 10.1. The van der Waals surface area contributed by atoms with Gasteiger partial charge in [-0.15, -0.1) is 0 Å². The Morgan fingerprint density at radius 1 is 1.06 bits per heavy atom. The van der Waals surface area contributed by atoms with E-state index in [2.05, 4.69) is 5.32 Å². The molecule has 0 aliphatic rings. The Bertz CT molecular complexity index is 1240. The van der Waals surface area contributed by atoms with Crippen LogP contribution in [0, 0.1) is 0 Å². The van der Waals surface area contributed by atoms with Crippen LogP contribution in [0.4, 0.5) is 4.79 Å². The third-order valence-electron chi connectivity index (χ3n) is 5.48. The first-order valence-corrected chi connectivity index (χ1v) is 11.6. The van der Waals surface area contributed by atoms with Crippen molar-refractivity contribution in [2.75, 3.05) is 13.7 Å². The summed E-state index contributed by atoms with van der Waals surface area (Å²) >= 11 is 0. The molecule has 8 heteroatoms. The average molecular weight is 475 g/mol. The van der Waals surface area contributed by atoms with Crippen molar-refractivity contribution in [1.29, 1.82) is 0 Å². The highest BCUT2D eigenvalue weighted by Crippen LogP contribution is 2.35. The third-order valence-corrected chi connectivity index (χ3v) is 5.48. The number of nitrogens with one attached hydrogen (secondary N) is 1. The average Bonchev–Trinajstić information content (AvgIpc) is 3.51. The monoisotopic (exact) mass is 474 g/mol. The van der Waals surface area contributed by atoms with Gasteiger partial charge in [-0.1, -0.05) is 43.3 Å². The van der Waals surface area contributed by atoms with Gasteiger partial charge < -0.3 is 24.1 Å². The number of hydrogen-bond donors (Lipinski definition) is 1. The molecule has 4 aromatic rings. The Morgan fingerprint density at radius 3 is 2.57 bits per heavy atom. The van der Waals surface area contributed by atoms with Crippen LogP contribution < -0.4 is 14.8 Å². The molecule has 0 bridgehead atoms. The lowest BCUT2D eigenvalue weighted by Gasteiger charge is -2.23. The molecule has 0 aliphatic heterocycles. The largest absolute Gasteiger partial charge is 0.497 e. The van der Waals surface area contributed by atoms with Crippen LogP contribution in [0.15, 0.2) is 77.4 Å². The fourth-order valence-electron chi connectivity index (χ4n) is 3.75. The lowest BCUT2D eigenvalue weighted by Crippen LogP contribution is -2.39. The highest BCUT2D eigenvalue weighted by atomic mass is 16.5. The predicted molar refractivity (Wildman–Crippen MR) is 133 cm³/mol. The number of benzene rings is 2. The smallest absolute Gasteiger partial charge is 0.318 e. The van der Waals surface area contributed by atoms with Crippen molar-refractivity contribution in [3.8, 4) is 28.6 Å². The molecule has 1 N–H and O–H groups in total. The van der Waals surface area contributed by atoms with Gasteiger partial charge >= 0.3 is 6.03 Å². The Kier molecular flexibility index (Phi) is 7.72. The molecule has 0 radical (unpaired) electrons. The van der Waals surface area contributed by atoms with Crippen LogP contribution >= 0.6 is 0 Å². The standard InChI is InChI=1S/C27H30N4O4/c1-4-15-28-27(32)31(18-23-14-9-16-34-23)19-24-25(20-10-6-5-7-11-20)29-30(2)26(24)35-22-13-8-12-21(17-22)33-3/h5-14,16-17H,4,15,18-19H2,1-3H3,(H,28,32). The number of amides is 2. The Balaban J connectivity index is 1.75. The van der Waals surface area contributed by atoms with Crippen molar-refractivity contribution in [2.24, 2.45) is 7.05 Å².